The fourth-order valence-corrected chi connectivity index (χ4v) is 1.75. The Bertz CT molecular complexity index is 580. The molecule has 0 atom stereocenters. The molecule has 2 rings (SSSR count). The normalized spacial score (nSPS) is 14.9. The molecular formula is C14H16. The molecule has 0 unspecified atom stereocenters. The van der Waals surface area contributed by atoms with E-state index in [0.29, 0.717) is 5.56 Å². The van der Waals surface area contributed by atoms with Crippen molar-refractivity contribution in [1.29, 1.82) is 0 Å². The van der Waals surface area contributed by atoms with Crippen LogP contribution in [0.3, 0.4) is 0 Å². The van der Waals surface area contributed by atoms with Crippen LogP contribution in [-0.4, -0.2) is 0 Å². The first kappa shape index (κ1) is 6.23. The van der Waals surface area contributed by atoms with Crippen molar-refractivity contribution in [3.8, 4) is 0 Å². The molecule has 0 radical (unpaired) electrons. The highest BCUT2D eigenvalue weighted by molar-refractivity contribution is 5.89. The zero-order valence-corrected chi connectivity index (χ0v) is 8.81. The molecule has 0 amide bonds. The Balaban J connectivity index is 2.90. The third-order valence-electron chi connectivity index (χ3n) is 2.85. The van der Waals surface area contributed by atoms with Gasteiger partial charge in [0.15, 0.2) is 0 Å². The SMILES string of the molecule is [2H]C([2H])([2H])c1ccc(C)c2cc(C)c(C)cc12. The Morgan fingerprint density at radius 3 is 1.86 bits per heavy atom. The minimum absolute atomic E-state index is 0.446. The van der Waals surface area contributed by atoms with Crippen molar-refractivity contribution in [3.05, 3.63) is 46.5 Å². The highest BCUT2D eigenvalue weighted by atomic mass is 14.1. The van der Waals surface area contributed by atoms with Crippen LogP contribution in [0.5, 0.6) is 0 Å². The van der Waals surface area contributed by atoms with Crippen LogP contribution in [0.1, 0.15) is 26.4 Å². The maximum atomic E-state index is 7.58. The molecule has 0 aliphatic heterocycles. The summed E-state index contributed by atoms with van der Waals surface area (Å²) in [6.45, 7) is 4.03. The van der Waals surface area contributed by atoms with Crippen molar-refractivity contribution in [1.82, 2.24) is 0 Å². The van der Waals surface area contributed by atoms with E-state index in [0.717, 1.165) is 21.9 Å². The van der Waals surface area contributed by atoms with Gasteiger partial charge >= 0.3 is 0 Å². The standard InChI is InChI=1S/C14H16/c1-9-5-6-10(2)14-8-12(4)11(3)7-13(9)14/h5-8H,1-4H3/i1D3. The van der Waals surface area contributed by atoms with Gasteiger partial charge in [0.2, 0.25) is 0 Å². The van der Waals surface area contributed by atoms with Gasteiger partial charge in [-0.3, -0.25) is 0 Å². The lowest BCUT2D eigenvalue weighted by Crippen LogP contribution is -1.87. The van der Waals surface area contributed by atoms with Crippen molar-refractivity contribution in [2.75, 3.05) is 0 Å². The van der Waals surface area contributed by atoms with Gasteiger partial charge in [0.25, 0.3) is 0 Å². The van der Waals surface area contributed by atoms with Gasteiger partial charge in [0.05, 0.1) is 0 Å². The van der Waals surface area contributed by atoms with E-state index >= 15 is 0 Å². The van der Waals surface area contributed by atoms with Crippen molar-refractivity contribution >= 4 is 10.8 Å². The number of hydrogen-bond donors (Lipinski definition) is 0. The fraction of sp³-hybridized carbons (Fsp3) is 0.286. The van der Waals surface area contributed by atoms with E-state index in [9.17, 15) is 0 Å². The van der Waals surface area contributed by atoms with Crippen LogP contribution >= 0.6 is 0 Å². The molecule has 0 heteroatoms. The number of hydrogen-bond acceptors (Lipinski definition) is 0. The van der Waals surface area contributed by atoms with Crippen LogP contribution in [0.25, 0.3) is 10.8 Å². The van der Waals surface area contributed by atoms with E-state index < -0.39 is 6.85 Å². The zero-order chi connectivity index (χ0) is 12.8. The second-order valence-electron chi connectivity index (χ2n) is 3.91. The summed E-state index contributed by atoms with van der Waals surface area (Å²) in [4.78, 5) is 0. The molecule has 0 fully saturated rings. The Hall–Kier alpha value is -1.30. The number of aryl methyl sites for hydroxylation is 4. The van der Waals surface area contributed by atoms with Gasteiger partial charge < -0.3 is 0 Å². The molecule has 0 aliphatic carbocycles. The Morgan fingerprint density at radius 1 is 0.786 bits per heavy atom. The quantitative estimate of drug-likeness (QED) is 0.583. The Morgan fingerprint density at radius 2 is 1.29 bits per heavy atom. The predicted molar refractivity (Wildman–Crippen MR) is 62.9 cm³/mol. The largest absolute Gasteiger partial charge is 0.0584 e. The van der Waals surface area contributed by atoms with Crippen LogP contribution in [0.15, 0.2) is 24.3 Å². The molecule has 2 aromatic rings. The van der Waals surface area contributed by atoms with Crippen LogP contribution in [0.4, 0.5) is 0 Å². The lowest BCUT2D eigenvalue weighted by molar-refractivity contribution is 1.35. The fourth-order valence-electron chi connectivity index (χ4n) is 1.75. The minimum atomic E-state index is -2.05. The van der Waals surface area contributed by atoms with Gasteiger partial charge in [-0.15, -0.1) is 0 Å². The van der Waals surface area contributed by atoms with Crippen LogP contribution in [0.2, 0.25) is 0 Å². The third-order valence-corrected chi connectivity index (χ3v) is 2.85. The van der Waals surface area contributed by atoms with Gasteiger partial charge in [0.1, 0.15) is 0 Å². The first-order valence-corrected chi connectivity index (χ1v) is 4.82. The minimum Gasteiger partial charge on any atom is -0.0584 e. The molecule has 0 bridgehead atoms. The van der Waals surface area contributed by atoms with Crippen LogP contribution < -0.4 is 0 Å². The van der Waals surface area contributed by atoms with E-state index in [-0.39, 0.29) is 0 Å². The summed E-state index contributed by atoms with van der Waals surface area (Å²) >= 11 is 0. The van der Waals surface area contributed by atoms with E-state index in [2.05, 4.69) is 13.0 Å². The summed E-state index contributed by atoms with van der Waals surface area (Å²) in [5.41, 5.74) is 3.90. The summed E-state index contributed by atoms with van der Waals surface area (Å²) in [6.07, 6.45) is 0. The van der Waals surface area contributed by atoms with Crippen molar-refractivity contribution in [2.45, 2.75) is 27.6 Å². The van der Waals surface area contributed by atoms with Crippen molar-refractivity contribution in [3.63, 3.8) is 0 Å². The second kappa shape index (κ2) is 3.13. The van der Waals surface area contributed by atoms with E-state index in [1.165, 1.54) is 5.56 Å². The summed E-state index contributed by atoms with van der Waals surface area (Å²) in [7, 11) is 0. The summed E-state index contributed by atoms with van der Waals surface area (Å²) in [5.74, 6) is 0. The van der Waals surface area contributed by atoms with Gasteiger partial charge in [-0.25, -0.2) is 0 Å². The zero-order valence-electron chi connectivity index (χ0n) is 11.8. The average molecular weight is 187 g/mol. The molecule has 72 valence electrons. The van der Waals surface area contributed by atoms with Crippen LogP contribution in [0, 0.1) is 27.6 Å². The van der Waals surface area contributed by atoms with Gasteiger partial charge in [0, 0.05) is 4.11 Å². The number of rotatable bonds is 0. The molecule has 0 aromatic heterocycles. The molecule has 0 heterocycles. The maximum absolute atomic E-state index is 7.58. The highest BCUT2D eigenvalue weighted by Crippen LogP contribution is 2.25. The van der Waals surface area contributed by atoms with E-state index in [1.807, 2.05) is 26.0 Å². The first-order valence-electron chi connectivity index (χ1n) is 6.32. The summed E-state index contributed by atoms with van der Waals surface area (Å²) < 4.78 is 22.7. The van der Waals surface area contributed by atoms with E-state index in [1.54, 1.807) is 6.07 Å². The molecular weight excluding hydrogens is 168 g/mol. The molecule has 14 heavy (non-hydrogen) atoms. The molecule has 0 saturated heterocycles. The van der Waals surface area contributed by atoms with Crippen molar-refractivity contribution in [2.24, 2.45) is 0 Å². The molecule has 0 nitrogen and oxygen atoms in total. The molecule has 0 N–H and O–H groups in total. The lowest BCUT2D eigenvalue weighted by atomic mass is 9.96. The van der Waals surface area contributed by atoms with Crippen LogP contribution in [-0.2, 0) is 0 Å². The molecule has 2 aromatic carbocycles. The molecule has 0 saturated carbocycles. The number of benzene rings is 2. The molecule has 0 spiro atoms. The third kappa shape index (κ3) is 1.31. The monoisotopic (exact) mass is 187 g/mol. The topological polar surface area (TPSA) is 0 Å². The molecule has 0 aliphatic rings. The predicted octanol–water partition coefficient (Wildman–Crippen LogP) is 4.07. The number of fused-ring (bicyclic) bond motifs is 1. The van der Waals surface area contributed by atoms with Gasteiger partial charge in [-0.2, -0.15) is 0 Å². The van der Waals surface area contributed by atoms with Crippen molar-refractivity contribution < 1.29 is 4.11 Å². The Labute approximate surface area is 89.8 Å². The van der Waals surface area contributed by atoms with E-state index in [4.69, 9.17) is 4.11 Å². The second-order valence-corrected chi connectivity index (χ2v) is 3.91. The summed E-state index contributed by atoms with van der Waals surface area (Å²) in [5, 5.41) is 1.90. The van der Waals surface area contributed by atoms with Gasteiger partial charge in [-0.05, 0) is 60.6 Å². The maximum Gasteiger partial charge on any atom is 0.0280 e. The smallest absolute Gasteiger partial charge is 0.0280 e. The summed E-state index contributed by atoms with van der Waals surface area (Å²) in [6, 6.07) is 7.67. The average Bonchev–Trinajstić information content (AvgIpc) is 2.19. The van der Waals surface area contributed by atoms with Gasteiger partial charge in [-0.1, -0.05) is 24.3 Å². The lowest BCUT2D eigenvalue weighted by Gasteiger charge is -2.09. The Kier molecular flexibility index (Phi) is 1.39. The highest BCUT2D eigenvalue weighted by Gasteiger charge is 2.02. The first-order chi connectivity index (χ1) is 7.80.